The van der Waals surface area contributed by atoms with Crippen LogP contribution >= 0.6 is 15.9 Å². The molecule has 2 nitrogen and oxygen atoms in total. The third-order valence-electron chi connectivity index (χ3n) is 3.63. The summed E-state index contributed by atoms with van der Waals surface area (Å²) in [6.45, 7) is 0.742. The van der Waals surface area contributed by atoms with E-state index < -0.39 is 0 Å². The molecule has 0 amide bonds. The molecular formula is C16H21BrO2. The molecule has 1 saturated carbocycles. The molecule has 1 fully saturated rings. The number of hydrogen-bond donors (Lipinski definition) is 0. The van der Waals surface area contributed by atoms with Crippen LogP contribution in [0.3, 0.4) is 0 Å². The molecule has 0 aliphatic heterocycles. The van der Waals surface area contributed by atoms with Crippen molar-refractivity contribution in [1.29, 1.82) is 0 Å². The molecular weight excluding hydrogens is 304 g/mol. The number of ether oxygens (including phenoxy) is 1. The first-order valence-electron chi connectivity index (χ1n) is 7.10. The van der Waals surface area contributed by atoms with Crippen LogP contribution < -0.4 is 4.74 Å². The lowest BCUT2D eigenvalue weighted by Crippen LogP contribution is -2.20. The van der Waals surface area contributed by atoms with Crippen LogP contribution in [0, 0.1) is 5.92 Å². The van der Waals surface area contributed by atoms with E-state index in [1.54, 1.807) is 0 Å². The van der Waals surface area contributed by atoms with E-state index in [2.05, 4.69) is 28.1 Å². The second kappa shape index (κ2) is 7.68. The van der Waals surface area contributed by atoms with E-state index in [0.717, 1.165) is 49.8 Å². The lowest BCUT2D eigenvalue weighted by Gasteiger charge is -2.20. The maximum atomic E-state index is 11.8. The standard InChI is InChI=1S/C16H21BrO2/c17-10-3-11-19-15-8-6-13(7-9-15)12-14-4-1-2-5-16(14)18/h6-9,14H,1-5,10-12H2. The summed E-state index contributed by atoms with van der Waals surface area (Å²) in [4.78, 5) is 11.8. The molecule has 1 aliphatic rings. The topological polar surface area (TPSA) is 26.3 Å². The van der Waals surface area contributed by atoms with E-state index in [-0.39, 0.29) is 5.92 Å². The van der Waals surface area contributed by atoms with Crippen LogP contribution in [0.1, 0.15) is 37.7 Å². The Morgan fingerprint density at radius 3 is 2.68 bits per heavy atom. The van der Waals surface area contributed by atoms with Crippen LogP contribution in [0.5, 0.6) is 5.75 Å². The predicted molar refractivity (Wildman–Crippen MR) is 81.0 cm³/mol. The van der Waals surface area contributed by atoms with E-state index >= 15 is 0 Å². The van der Waals surface area contributed by atoms with Crippen LogP contribution in [0.25, 0.3) is 0 Å². The minimum Gasteiger partial charge on any atom is -0.494 e. The summed E-state index contributed by atoms with van der Waals surface area (Å²) >= 11 is 3.38. The SMILES string of the molecule is O=C1CCCCC1Cc1ccc(OCCCBr)cc1. The molecule has 0 spiro atoms. The van der Waals surface area contributed by atoms with Crippen molar-refractivity contribution >= 4 is 21.7 Å². The highest BCUT2D eigenvalue weighted by Crippen LogP contribution is 2.25. The van der Waals surface area contributed by atoms with Gasteiger partial charge in [-0.15, -0.1) is 0 Å². The molecule has 1 unspecified atom stereocenters. The predicted octanol–water partition coefficient (Wildman–Crippen LogP) is 4.15. The maximum absolute atomic E-state index is 11.8. The smallest absolute Gasteiger partial charge is 0.136 e. The molecule has 1 aromatic carbocycles. The molecule has 19 heavy (non-hydrogen) atoms. The Balaban J connectivity index is 1.85. The van der Waals surface area contributed by atoms with Crippen molar-refractivity contribution in [2.75, 3.05) is 11.9 Å². The van der Waals surface area contributed by atoms with Crippen LogP contribution in [0.15, 0.2) is 24.3 Å². The normalized spacial score (nSPS) is 19.4. The number of hydrogen-bond acceptors (Lipinski definition) is 2. The lowest BCUT2D eigenvalue weighted by molar-refractivity contribution is -0.124. The van der Waals surface area contributed by atoms with Gasteiger partial charge in [-0.2, -0.15) is 0 Å². The third-order valence-corrected chi connectivity index (χ3v) is 4.19. The van der Waals surface area contributed by atoms with Crippen molar-refractivity contribution < 1.29 is 9.53 Å². The number of carbonyl (C=O) groups is 1. The minimum absolute atomic E-state index is 0.244. The third kappa shape index (κ3) is 4.64. The van der Waals surface area contributed by atoms with Crippen molar-refractivity contribution in [1.82, 2.24) is 0 Å². The summed E-state index contributed by atoms with van der Waals surface area (Å²) in [5.41, 5.74) is 1.24. The van der Waals surface area contributed by atoms with Crippen molar-refractivity contribution in [3.8, 4) is 5.75 Å². The van der Waals surface area contributed by atoms with E-state index in [4.69, 9.17) is 4.74 Å². The summed E-state index contributed by atoms with van der Waals surface area (Å²) in [5, 5.41) is 0.967. The van der Waals surface area contributed by atoms with Crippen molar-refractivity contribution in [2.24, 2.45) is 5.92 Å². The highest BCUT2D eigenvalue weighted by Gasteiger charge is 2.22. The van der Waals surface area contributed by atoms with Gasteiger partial charge in [0.1, 0.15) is 11.5 Å². The van der Waals surface area contributed by atoms with Gasteiger partial charge in [0, 0.05) is 17.7 Å². The summed E-state index contributed by atoms with van der Waals surface area (Å²) < 4.78 is 5.62. The van der Waals surface area contributed by atoms with E-state index in [9.17, 15) is 4.79 Å². The number of ketones is 1. The molecule has 0 bridgehead atoms. The molecule has 2 rings (SSSR count). The molecule has 0 N–H and O–H groups in total. The molecule has 1 atom stereocenters. The Labute approximate surface area is 123 Å². The van der Waals surface area contributed by atoms with Crippen molar-refractivity contribution in [2.45, 2.75) is 38.5 Å². The molecule has 0 radical (unpaired) electrons. The fraction of sp³-hybridized carbons (Fsp3) is 0.562. The first-order chi connectivity index (χ1) is 9.29. The van der Waals surface area contributed by atoms with Crippen LogP contribution in [0.2, 0.25) is 0 Å². The van der Waals surface area contributed by atoms with Gasteiger partial charge in [-0.05, 0) is 43.4 Å². The molecule has 104 valence electrons. The highest BCUT2D eigenvalue weighted by atomic mass is 79.9. The van der Waals surface area contributed by atoms with Crippen molar-refractivity contribution in [3.05, 3.63) is 29.8 Å². The number of carbonyl (C=O) groups excluding carboxylic acids is 1. The monoisotopic (exact) mass is 324 g/mol. The summed E-state index contributed by atoms with van der Waals surface area (Å²) in [5.74, 6) is 1.61. The van der Waals surface area contributed by atoms with Gasteiger partial charge in [-0.25, -0.2) is 0 Å². The van der Waals surface area contributed by atoms with Gasteiger partial charge in [-0.1, -0.05) is 34.5 Å². The molecule has 3 heteroatoms. The zero-order valence-electron chi connectivity index (χ0n) is 11.2. The van der Waals surface area contributed by atoms with Crippen LogP contribution in [-0.2, 0) is 11.2 Å². The average Bonchev–Trinajstić information content (AvgIpc) is 2.44. The molecule has 1 aliphatic carbocycles. The Morgan fingerprint density at radius 1 is 1.21 bits per heavy atom. The quantitative estimate of drug-likeness (QED) is 0.580. The summed E-state index contributed by atoms with van der Waals surface area (Å²) in [6, 6.07) is 8.20. The van der Waals surface area contributed by atoms with Gasteiger partial charge in [0.25, 0.3) is 0 Å². The fourth-order valence-corrected chi connectivity index (χ4v) is 2.75. The highest BCUT2D eigenvalue weighted by molar-refractivity contribution is 9.09. The maximum Gasteiger partial charge on any atom is 0.136 e. The fourth-order valence-electron chi connectivity index (χ4n) is 2.52. The first kappa shape index (κ1) is 14.6. The second-order valence-electron chi connectivity index (χ2n) is 5.15. The van der Waals surface area contributed by atoms with Gasteiger partial charge in [0.2, 0.25) is 0 Å². The van der Waals surface area contributed by atoms with E-state index in [0.29, 0.717) is 5.78 Å². The van der Waals surface area contributed by atoms with Gasteiger partial charge < -0.3 is 4.74 Å². The van der Waals surface area contributed by atoms with Gasteiger partial charge in [0.05, 0.1) is 6.61 Å². The van der Waals surface area contributed by atoms with Gasteiger partial charge >= 0.3 is 0 Å². The van der Waals surface area contributed by atoms with E-state index in [1.165, 1.54) is 12.0 Å². The average molecular weight is 325 g/mol. The number of Topliss-reactive ketones (excluding diaryl/α,β-unsaturated/α-hetero) is 1. The number of benzene rings is 1. The minimum atomic E-state index is 0.244. The summed E-state index contributed by atoms with van der Waals surface area (Å²) in [6.07, 6.45) is 6.01. The Bertz CT molecular complexity index is 400. The molecule has 1 aromatic rings. The molecule has 0 saturated heterocycles. The zero-order valence-corrected chi connectivity index (χ0v) is 12.8. The largest absolute Gasteiger partial charge is 0.494 e. The van der Waals surface area contributed by atoms with Gasteiger partial charge in [-0.3, -0.25) is 4.79 Å². The van der Waals surface area contributed by atoms with Crippen molar-refractivity contribution in [3.63, 3.8) is 0 Å². The zero-order chi connectivity index (χ0) is 13.5. The Hall–Kier alpha value is -0.830. The lowest BCUT2D eigenvalue weighted by atomic mass is 9.84. The number of rotatable bonds is 6. The Kier molecular flexibility index (Phi) is 5.90. The Morgan fingerprint density at radius 2 is 2.00 bits per heavy atom. The molecule has 0 aromatic heterocycles. The van der Waals surface area contributed by atoms with Crippen LogP contribution in [0.4, 0.5) is 0 Å². The van der Waals surface area contributed by atoms with Crippen LogP contribution in [-0.4, -0.2) is 17.7 Å². The second-order valence-corrected chi connectivity index (χ2v) is 5.94. The summed E-state index contributed by atoms with van der Waals surface area (Å²) in [7, 11) is 0. The van der Waals surface area contributed by atoms with Gasteiger partial charge in [0.15, 0.2) is 0 Å². The van der Waals surface area contributed by atoms with E-state index in [1.807, 2.05) is 12.1 Å². The molecule has 0 heterocycles. The number of alkyl halides is 1. The first-order valence-corrected chi connectivity index (χ1v) is 8.22. The number of halogens is 1.